The van der Waals surface area contributed by atoms with Crippen molar-refractivity contribution in [3.8, 4) is 5.75 Å². The highest BCUT2D eigenvalue weighted by molar-refractivity contribution is 5.86. The number of methoxy groups -OCH3 is 1. The zero-order valence-electron chi connectivity index (χ0n) is 14.8. The van der Waals surface area contributed by atoms with Gasteiger partial charge in [0.25, 0.3) is 0 Å². The molecule has 2 aromatic rings. The fourth-order valence-electron chi connectivity index (χ4n) is 2.49. The second kappa shape index (κ2) is 8.35. The van der Waals surface area contributed by atoms with E-state index in [1.165, 1.54) is 12.7 Å². The number of hydrogen-bond acceptors (Lipinski definition) is 4. The molecule has 0 spiro atoms. The normalized spacial score (nSPS) is 10.2. The summed E-state index contributed by atoms with van der Waals surface area (Å²) in [6, 6.07) is 11.2. The first kappa shape index (κ1) is 18.5. The number of rotatable bonds is 6. The highest BCUT2D eigenvalue weighted by atomic mass is 16.6. The molecule has 0 aliphatic carbocycles. The minimum atomic E-state index is -0.865. The standard InChI is InChI=1S/C20H23NO4/c1-5-15-8-10-19(14(3)11-15)25-13-17-12-16(6-2)7-9-18(17)21(23)20(22)24-4/h6-12,23H,2,5,13H2,1,3-4H3. The van der Waals surface area contributed by atoms with Gasteiger partial charge in [0.05, 0.1) is 12.8 Å². The molecule has 0 aliphatic heterocycles. The smallest absolute Gasteiger partial charge is 0.438 e. The number of amides is 1. The molecule has 0 radical (unpaired) electrons. The molecular weight excluding hydrogens is 318 g/mol. The van der Waals surface area contributed by atoms with Crippen LogP contribution >= 0.6 is 0 Å². The lowest BCUT2D eigenvalue weighted by Crippen LogP contribution is -2.28. The number of carbonyl (C=O) groups is 1. The summed E-state index contributed by atoms with van der Waals surface area (Å²) < 4.78 is 10.5. The molecule has 0 atom stereocenters. The van der Waals surface area contributed by atoms with Crippen LogP contribution in [0.1, 0.15) is 29.2 Å². The maximum atomic E-state index is 11.6. The highest BCUT2D eigenvalue weighted by Crippen LogP contribution is 2.26. The second-order valence-electron chi connectivity index (χ2n) is 5.62. The molecule has 0 fully saturated rings. The Morgan fingerprint density at radius 2 is 2.04 bits per heavy atom. The molecule has 132 valence electrons. The summed E-state index contributed by atoms with van der Waals surface area (Å²) in [5.41, 5.74) is 4.09. The minimum absolute atomic E-state index is 0.192. The van der Waals surface area contributed by atoms with Crippen LogP contribution in [0.25, 0.3) is 6.08 Å². The number of nitrogens with zero attached hydrogens (tertiary/aromatic N) is 1. The Morgan fingerprint density at radius 3 is 2.64 bits per heavy atom. The Morgan fingerprint density at radius 1 is 1.28 bits per heavy atom. The summed E-state index contributed by atoms with van der Waals surface area (Å²) >= 11 is 0. The van der Waals surface area contributed by atoms with Gasteiger partial charge in [-0.25, -0.2) is 4.79 Å². The van der Waals surface area contributed by atoms with Crippen LogP contribution in [-0.4, -0.2) is 18.4 Å². The molecule has 1 N–H and O–H groups in total. The maximum absolute atomic E-state index is 11.6. The van der Waals surface area contributed by atoms with Crippen molar-refractivity contribution >= 4 is 17.9 Å². The van der Waals surface area contributed by atoms with Gasteiger partial charge in [-0.1, -0.05) is 37.8 Å². The Hall–Kier alpha value is -2.79. The van der Waals surface area contributed by atoms with Crippen molar-refractivity contribution in [2.75, 3.05) is 12.2 Å². The van der Waals surface area contributed by atoms with Gasteiger partial charge in [0.2, 0.25) is 0 Å². The summed E-state index contributed by atoms with van der Waals surface area (Å²) in [5.74, 6) is 0.759. The van der Waals surface area contributed by atoms with Gasteiger partial charge in [0.15, 0.2) is 0 Å². The van der Waals surface area contributed by atoms with Crippen LogP contribution in [0.5, 0.6) is 5.75 Å². The van der Waals surface area contributed by atoms with Gasteiger partial charge in [0, 0.05) is 5.56 Å². The van der Waals surface area contributed by atoms with Crippen LogP contribution in [0.4, 0.5) is 10.5 Å². The quantitative estimate of drug-likeness (QED) is 0.609. The average Bonchev–Trinajstić information content (AvgIpc) is 2.65. The average molecular weight is 341 g/mol. The molecule has 2 aromatic carbocycles. The molecule has 25 heavy (non-hydrogen) atoms. The first-order valence-corrected chi connectivity index (χ1v) is 8.04. The molecule has 0 saturated heterocycles. The third-order valence-electron chi connectivity index (χ3n) is 3.95. The number of hydroxylamine groups is 1. The van der Waals surface area contributed by atoms with E-state index in [1.807, 2.05) is 25.1 Å². The number of benzene rings is 2. The number of hydrogen-bond donors (Lipinski definition) is 1. The van der Waals surface area contributed by atoms with Crippen LogP contribution in [0.3, 0.4) is 0 Å². The van der Waals surface area contributed by atoms with E-state index in [0.29, 0.717) is 16.3 Å². The van der Waals surface area contributed by atoms with E-state index in [2.05, 4.69) is 24.3 Å². The summed E-state index contributed by atoms with van der Waals surface area (Å²) in [6.07, 6.45) is 1.79. The molecule has 0 aromatic heterocycles. The fourth-order valence-corrected chi connectivity index (χ4v) is 2.49. The van der Waals surface area contributed by atoms with Crippen LogP contribution in [0, 0.1) is 6.92 Å². The second-order valence-corrected chi connectivity index (χ2v) is 5.62. The van der Waals surface area contributed by atoms with E-state index in [0.717, 1.165) is 23.3 Å². The monoisotopic (exact) mass is 341 g/mol. The van der Waals surface area contributed by atoms with E-state index in [-0.39, 0.29) is 6.61 Å². The number of ether oxygens (including phenoxy) is 2. The number of aryl methyl sites for hydroxylation is 2. The first-order valence-electron chi connectivity index (χ1n) is 8.04. The largest absolute Gasteiger partial charge is 0.489 e. The number of anilines is 1. The zero-order chi connectivity index (χ0) is 18.4. The predicted molar refractivity (Wildman–Crippen MR) is 98.1 cm³/mol. The molecule has 0 saturated carbocycles. The third kappa shape index (κ3) is 4.39. The van der Waals surface area contributed by atoms with Gasteiger partial charge in [0.1, 0.15) is 12.4 Å². The lowest BCUT2D eigenvalue weighted by molar-refractivity contribution is 0.140. The Balaban J connectivity index is 2.28. The van der Waals surface area contributed by atoms with E-state index in [9.17, 15) is 10.0 Å². The molecule has 0 aliphatic rings. The Bertz CT molecular complexity index is 770. The van der Waals surface area contributed by atoms with E-state index in [1.54, 1.807) is 18.2 Å². The van der Waals surface area contributed by atoms with Crippen molar-refractivity contribution in [2.45, 2.75) is 26.9 Å². The maximum Gasteiger partial charge on any atom is 0.438 e. The SMILES string of the molecule is C=Cc1ccc(N(O)C(=O)OC)c(COc2ccc(CC)cc2C)c1. The Labute approximate surface area is 148 Å². The molecule has 1 amide bonds. The van der Waals surface area contributed by atoms with Crippen molar-refractivity contribution in [1.82, 2.24) is 0 Å². The summed E-state index contributed by atoms with van der Waals surface area (Å²) in [4.78, 5) is 11.6. The molecule has 0 heterocycles. The lowest BCUT2D eigenvalue weighted by atomic mass is 10.1. The summed E-state index contributed by atoms with van der Waals surface area (Å²) in [5, 5.41) is 10.5. The van der Waals surface area contributed by atoms with Crippen LogP contribution in [-0.2, 0) is 17.8 Å². The topological polar surface area (TPSA) is 59.0 Å². The van der Waals surface area contributed by atoms with Gasteiger partial charge in [-0.15, -0.1) is 0 Å². The van der Waals surface area contributed by atoms with Crippen LogP contribution in [0.2, 0.25) is 0 Å². The van der Waals surface area contributed by atoms with Gasteiger partial charge in [-0.2, -0.15) is 5.06 Å². The van der Waals surface area contributed by atoms with Crippen LogP contribution in [0.15, 0.2) is 43.0 Å². The van der Waals surface area contributed by atoms with E-state index < -0.39 is 6.09 Å². The molecule has 0 bridgehead atoms. The highest BCUT2D eigenvalue weighted by Gasteiger charge is 2.18. The molecular formula is C20H23NO4. The van der Waals surface area contributed by atoms with E-state index >= 15 is 0 Å². The van der Waals surface area contributed by atoms with Crippen molar-refractivity contribution in [3.05, 3.63) is 65.2 Å². The van der Waals surface area contributed by atoms with Crippen molar-refractivity contribution in [1.29, 1.82) is 0 Å². The summed E-state index contributed by atoms with van der Waals surface area (Å²) in [6.45, 7) is 8.02. The van der Waals surface area contributed by atoms with Crippen molar-refractivity contribution in [2.24, 2.45) is 0 Å². The molecule has 5 nitrogen and oxygen atoms in total. The summed E-state index contributed by atoms with van der Waals surface area (Å²) in [7, 11) is 1.21. The fraction of sp³-hybridized carbons (Fsp3) is 0.250. The van der Waals surface area contributed by atoms with Crippen molar-refractivity contribution < 1.29 is 19.5 Å². The van der Waals surface area contributed by atoms with Crippen molar-refractivity contribution in [3.63, 3.8) is 0 Å². The first-order chi connectivity index (χ1) is 12.0. The zero-order valence-corrected chi connectivity index (χ0v) is 14.8. The predicted octanol–water partition coefficient (Wildman–Crippen LogP) is 4.74. The number of carbonyl (C=O) groups excluding carboxylic acids is 1. The van der Waals surface area contributed by atoms with Gasteiger partial charge in [-0.3, -0.25) is 5.21 Å². The lowest BCUT2D eigenvalue weighted by Gasteiger charge is -2.18. The van der Waals surface area contributed by atoms with Crippen LogP contribution < -0.4 is 9.80 Å². The third-order valence-corrected chi connectivity index (χ3v) is 3.95. The Kier molecular flexibility index (Phi) is 6.19. The molecule has 5 heteroatoms. The molecule has 2 rings (SSSR count). The van der Waals surface area contributed by atoms with Gasteiger partial charge in [-0.05, 0) is 48.2 Å². The molecule has 0 unspecified atom stereocenters. The minimum Gasteiger partial charge on any atom is -0.489 e. The van der Waals surface area contributed by atoms with Gasteiger partial charge < -0.3 is 9.47 Å². The van der Waals surface area contributed by atoms with Gasteiger partial charge >= 0.3 is 6.09 Å². The van der Waals surface area contributed by atoms with E-state index in [4.69, 9.17) is 4.74 Å².